The summed E-state index contributed by atoms with van der Waals surface area (Å²) in [5.41, 5.74) is 0. The zero-order chi connectivity index (χ0) is 13.2. The van der Waals surface area contributed by atoms with Gasteiger partial charge < -0.3 is 4.90 Å². The van der Waals surface area contributed by atoms with Crippen molar-refractivity contribution in [3.63, 3.8) is 0 Å². The molecule has 0 spiro atoms. The molecule has 1 aromatic heterocycles. The van der Waals surface area contributed by atoms with E-state index in [4.69, 9.17) is 0 Å². The van der Waals surface area contributed by atoms with Gasteiger partial charge in [-0.15, -0.1) is 5.10 Å². The molecule has 1 unspecified atom stereocenters. The van der Waals surface area contributed by atoms with Crippen molar-refractivity contribution in [2.75, 3.05) is 20.6 Å². The van der Waals surface area contributed by atoms with Crippen LogP contribution in [0.5, 0.6) is 0 Å². The molecule has 9 heteroatoms. The highest BCUT2D eigenvalue weighted by molar-refractivity contribution is 9.10. The van der Waals surface area contributed by atoms with Crippen molar-refractivity contribution in [3.8, 4) is 0 Å². The van der Waals surface area contributed by atoms with E-state index in [1.54, 1.807) is 6.92 Å². The van der Waals surface area contributed by atoms with Crippen molar-refractivity contribution in [2.24, 2.45) is 7.05 Å². The lowest BCUT2D eigenvalue weighted by Crippen LogP contribution is -2.40. The van der Waals surface area contributed by atoms with E-state index in [1.807, 2.05) is 19.0 Å². The maximum atomic E-state index is 12.1. The van der Waals surface area contributed by atoms with Gasteiger partial charge in [0.1, 0.15) is 0 Å². The van der Waals surface area contributed by atoms with Gasteiger partial charge in [0.25, 0.3) is 10.0 Å². The normalized spacial score (nSPS) is 14.2. The monoisotopic (exact) mass is 325 g/mol. The molecule has 0 aliphatic heterocycles. The van der Waals surface area contributed by atoms with Crippen LogP contribution in [0, 0.1) is 0 Å². The Balaban J connectivity index is 2.90. The van der Waals surface area contributed by atoms with Gasteiger partial charge in [0, 0.05) is 19.6 Å². The molecule has 7 nitrogen and oxygen atoms in total. The van der Waals surface area contributed by atoms with E-state index in [2.05, 4.69) is 31.0 Å². The number of nitrogens with one attached hydrogen (secondary N) is 1. The van der Waals surface area contributed by atoms with Crippen LogP contribution in [0.2, 0.25) is 0 Å². The molecule has 1 heterocycles. The van der Waals surface area contributed by atoms with Gasteiger partial charge in [-0.2, -0.15) is 0 Å². The fourth-order valence-corrected chi connectivity index (χ4v) is 3.84. The molecule has 0 fully saturated rings. The van der Waals surface area contributed by atoms with Crippen LogP contribution < -0.4 is 4.72 Å². The standard InChI is InChI=1S/C8H16BrN5O2S/c1-6(5-13(2)3)11-17(15,16)8-7(9)10-12-14(8)4/h6,11H,5H2,1-4H3. The third-order valence-corrected chi connectivity index (χ3v) is 4.46. The molecule has 0 aliphatic carbocycles. The Morgan fingerprint density at radius 2 is 2.12 bits per heavy atom. The minimum absolute atomic E-state index is 0.0307. The van der Waals surface area contributed by atoms with Crippen molar-refractivity contribution in [1.82, 2.24) is 24.6 Å². The summed E-state index contributed by atoms with van der Waals surface area (Å²) in [6.45, 7) is 2.41. The van der Waals surface area contributed by atoms with E-state index in [9.17, 15) is 8.42 Å². The summed E-state index contributed by atoms with van der Waals surface area (Å²) in [7, 11) is 1.68. The molecule has 1 rings (SSSR count). The number of rotatable bonds is 5. The quantitative estimate of drug-likeness (QED) is 0.811. The SMILES string of the molecule is CC(CN(C)C)NS(=O)(=O)c1c(Br)nnn1C. The van der Waals surface area contributed by atoms with Gasteiger partial charge in [-0.1, -0.05) is 5.21 Å². The molecule has 17 heavy (non-hydrogen) atoms. The second-order valence-corrected chi connectivity index (χ2v) is 6.47. The van der Waals surface area contributed by atoms with Gasteiger partial charge >= 0.3 is 0 Å². The molecule has 0 amide bonds. The van der Waals surface area contributed by atoms with E-state index in [-0.39, 0.29) is 15.7 Å². The van der Waals surface area contributed by atoms with Crippen molar-refractivity contribution >= 4 is 26.0 Å². The number of halogens is 1. The predicted molar refractivity (Wildman–Crippen MR) is 67.0 cm³/mol. The Morgan fingerprint density at radius 1 is 1.53 bits per heavy atom. The molecule has 0 saturated heterocycles. The third kappa shape index (κ3) is 3.73. The van der Waals surface area contributed by atoms with E-state index in [0.29, 0.717) is 6.54 Å². The highest BCUT2D eigenvalue weighted by Crippen LogP contribution is 2.17. The van der Waals surface area contributed by atoms with Crippen molar-refractivity contribution < 1.29 is 8.42 Å². The lowest BCUT2D eigenvalue weighted by atomic mass is 10.3. The Hall–Kier alpha value is -0.510. The highest BCUT2D eigenvalue weighted by Gasteiger charge is 2.25. The number of hydrogen-bond donors (Lipinski definition) is 1. The maximum Gasteiger partial charge on any atom is 0.260 e. The average Bonchev–Trinajstić information content (AvgIpc) is 2.43. The van der Waals surface area contributed by atoms with Gasteiger partial charge in [0.15, 0.2) is 4.60 Å². The summed E-state index contributed by atoms with van der Waals surface area (Å²) in [5.74, 6) is 0. The van der Waals surface area contributed by atoms with Crippen molar-refractivity contribution in [3.05, 3.63) is 4.60 Å². The first-order chi connectivity index (χ1) is 7.74. The minimum atomic E-state index is -3.61. The zero-order valence-electron chi connectivity index (χ0n) is 10.2. The lowest BCUT2D eigenvalue weighted by molar-refractivity contribution is 0.370. The van der Waals surface area contributed by atoms with Crippen LogP contribution in [-0.4, -0.2) is 55.0 Å². The molecule has 0 aromatic carbocycles. The third-order valence-electron chi connectivity index (χ3n) is 1.99. The van der Waals surface area contributed by atoms with Crippen LogP contribution in [0.3, 0.4) is 0 Å². The van der Waals surface area contributed by atoms with E-state index in [1.165, 1.54) is 11.7 Å². The lowest BCUT2D eigenvalue weighted by Gasteiger charge is -2.18. The summed E-state index contributed by atoms with van der Waals surface area (Å²) >= 11 is 3.07. The minimum Gasteiger partial charge on any atom is -0.308 e. The number of hydrogen-bond acceptors (Lipinski definition) is 5. The zero-order valence-corrected chi connectivity index (χ0v) is 12.6. The maximum absolute atomic E-state index is 12.1. The summed E-state index contributed by atoms with van der Waals surface area (Å²) in [5, 5.41) is 7.32. The van der Waals surface area contributed by atoms with Crippen LogP contribution in [0.15, 0.2) is 9.63 Å². The van der Waals surface area contributed by atoms with Gasteiger partial charge in [0.2, 0.25) is 5.03 Å². The van der Waals surface area contributed by atoms with Crippen LogP contribution in [0.4, 0.5) is 0 Å². The molecule has 1 atom stereocenters. The van der Waals surface area contributed by atoms with Crippen LogP contribution in [-0.2, 0) is 17.1 Å². The van der Waals surface area contributed by atoms with E-state index >= 15 is 0 Å². The molecule has 0 aliphatic rings. The van der Waals surface area contributed by atoms with Gasteiger partial charge in [-0.25, -0.2) is 17.8 Å². The smallest absolute Gasteiger partial charge is 0.260 e. The van der Waals surface area contributed by atoms with Gasteiger partial charge in [0.05, 0.1) is 0 Å². The molecular formula is C8H16BrN5O2S. The average molecular weight is 326 g/mol. The van der Waals surface area contributed by atoms with Gasteiger partial charge in [-0.05, 0) is 36.9 Å². The van der Waals surface area contributed by atoms with Crippen LogP contribution in [0.1, 0.15) is 6.92 Å². The predicted octanol–water partition coefficient (Wildman–Crippen LogP) is -0.194. The van der Waals surface area contributed by atoms with Crippen molar-refractivity contribution in [2.45, 2.75) is 18.0 Å². The number of aryl methyl sites for hydroxylation is 1. The summed E-state index contributed by atoms with van der Waals surface area (Å²) in [6, 6.07) is -0.197. The van der Waals surface area contributed by atoms with Crippen LogP contribution in [0.25, 0.3) is 0 Å². The second-order valence-electron chi connectivity index (χ2n) is 4.09. The summed E-state index contributed by atoms with van der Waals surface area (Å²) in [4.78, 5) is 1.91. The number of likely N-dealkylation sites (N-methyl/N-ethyl adjacent to an activating group) is 1. The Morgan fingerprint density at radius 3 is 2.53 bits per heavy atom. The molecule has 0 radical (unpaired) electrons. The van der Waals surface area contributed by atoms with Crippen molar-refractivity contribution in [1.29, 1.82) is 0 Å². The molecule has 1 N–H and O–H groups in total. The Labute approximate surface area is 109 Å². The highest BCUT2D eigenvalue weighted by atomic mass is 79.9. The second kappa shape index (κ2) is 5.42. The molecule has 98 valence electrons. The summed E-state index contributed by atoms with van der Waals surface area (Å²) in [6.07, 6.45) is 0. The van der Waals surface area contributed by atoms with Crippen LogP contribution >= 0.6 is 15.9 Å². The fourth-order valence-electron chi connectivity index (χ4n) is 1.51. The van der Waals surface area contributed by atoms with E-state index < -0.39 is 10.0 Å². The number of aromatic nitrogens is 3. The topological polar surface area (TPSA) is 80.1 Å². The van der Waals surface area contributed by atoms with Gasteiger partial charge in [-0.3, -0.25) is 0 Å². The van der Waals surface area contributed by atoms with E-state index in [0.717, 1.165) is 0 Å². The Kier molecular flexibility index (Phi) is 4.64. The first kappa shape index (κ1) is 14.6. The first-order valence-corrected chi connectivity index (χ1v) is 7.24. The number of nitrogens with zero attached hydrogens (tertiary/aromatic N) is 4. The molecule has 0 saturated carbocycles. The molecule has 0 bridgehead atoms. The summed E-state index contributed by atoms with van der Waals surface area (Å²) < 4.78 is 28.1. The number of sulfonamides is 1. The Bertz CT molecular complexity index is 465. The first-order valence-electron chi connectivity index (χ1n) is 4.96. The fraction of sp³-hybridized carbons (Fsp3) is 0.750. The molecular weight excluding hydrogens is 310 g/mol. The molecule has 1 aromatic rings. The largest absolute Gasteiger partial charge is 0.308 e.